The Kier molecular flexibility index (Phi) is 8.16. The maximum Gasteiger partial charge on any atom is 0.297 e. The summed E-state index contributed by atoms with van der Waals surface area (Å²) in [5, 5.41) is 0. The molecule has 2 saturated heterocycles. The standard InChI is InChI=1S/C23H36O7S/c1-6-7-8-9-10-15-26-20-19(27-22-21(20)28-23(4,5)29-22)17(3)30-31(24,25)18-13-11-16(2)12-14-18/h11-14,17,19-22H,6-10,15H2,1-5H3/t17-,19-,20+,21-,22-/m1/s1. The monoisotopic (exact) mass is 456 g/mol. The average Bonchev–Trinajstić information content (AvgIpc) is 3.16. The molecule has 7 nitrogen and oxygen atoms in total. The molecule has 0 radical (unpaired) electrons. The third-order valence-corrected chi connectivity index (χ3v) is 7.04. The van der Waals surface area contributed by atoms with E-state index in [-0.39, 0.29) is 4.90 Å². The molecular formula is C23H36O7S. The van der Waals surface area contributed by atoms with Gasteiger partial charge >= 0.3 is 0 Å². The summed E-state index contributed by atoms with van der Waals surface area (Å²) in [5.41, 5.74) is 0.975. The van der Waals surface area contributed by atoms with Gasteiger partial charge in [-0.15, -0.1) is 0 Å². The predicted molar refractivity (Wildman–Crippen MR) is 116 cm³/mol. The second-order valence-electron chi connectivity index (χ2n) is 8.89. The van der Waals surface area contributed by atoms with Crippen LogP contribution >= 0.6 is 0 Å². The average molecular weight is 457 g/mol. The first-order chi connectivity index (χ1) is 14.6. The van der Waals surface area contributed by atoms with Gasteiger partial charge in [-0.2, -0.15) is 8.42 Å². The summed E-state index contributed by atoms with van der Waals surface area (Å²) < 4.78 is 55.0. The maximum atomic E-state index is 12.7. The van der Waals surface area contributed by atoms with Gasteiger partial charge < -0.3 is 18.9 Å². The van der Waals surface area contributed by atoms with Crippen LogP contribution in [0.5, 0.6) is 0 Å². The summed E-state index contributed by atoms with van der Waals surface area (Å²) in [6.45, 7) is 9.97. The van der Waals surface area contributed by atoms with Crippen molar-refractivity contribution in [3.05, 3.63) is 29.8 Å². The zero-order chi connectivity index (χ0) is 22.6. The van der Waals surface area contributed by atoms with Crippen molar-refractivity contribution < 1.29 is 31.5 Å². The zero-order valence-electron chi connectivity index (χ0n) is 19.2. The van der Waals surface area contributed by atoms with Gasteiger partial charge in [-0.25, -0.2) is 0 Å². The molecule has 0 saturated carbocycles. The van der Waals surface area contributed by atoms with Crippen molar-refractivity contribution in [1.82, 2.24) is 0 Å². The van der Waals surface area contributed by atoms with E-state index >= 15 is 0 Å². The molecule has 2 fully saturated rings. The van der Waals surface area contributed by atoms with E-state index in [1.165, 1.54) is 19.3 Å². The van der Waals surface area contributed by atoms with Gasteiger partial charge in [0.1, 0.15) is 24.4 Å². The van der Waals surface area contributed by atoms with Crippen molar-refractivity contribution >= 4 is 10.1 Å². The van der Waals surface area contributed by atoms with Crippen LogP contribution < -0.4 is 0 Å². The lowest BCUT2D eigenvalue weighted by atomic mass is 10.1. The van der Waals surface area contributed by atoms with Crippen LogP contribution in [0.15, 0.2) is 29.2 Å². The highest BCUT2D eigenvalue weighted by Gasteiger charge is 2.57. The van der Waals surface area contributed by atoms with Crippen molar-refractivity contribution in [3.8, 4) is 0 Å². The summed E-state index contributed by atoms with van der Waals surface area (Å²) in [4.78, 5) is 0.116. The van der Waals surface area contributed by atoms with Crippen molar-refractivity contribution in [3.63, 3.8) is 0 Å². The molecule has 3 rings (SSSR count). The minimum absolute atomic E-state index is 0.116. The molecule has 176 valence electrons. The fourth-order valence-electron chi connectivity index (χ4n) is 4.01. The van der Waals surface area contributed by atoms with Gasteiger partial charge in [-0.1, -0.05) is 50.3 Å². The number of fused-ring (bicyclic) bond motifs is 1. The van der Waals surface area contributed by atoms with Crippen LogP contribution in [0.25, 0.3) is 0 Å². The molecule has 2 heterocycles. The fourth-order valence-corrected chi connectivity index (χ4v) is 5.10. The molecule has 0 N–H and O–H groups in total. The molecule has 31 heavy (non-hydrogen) atoms. The zero-order valence-corrected chi connectivity index (χ0v) is 20.0. The third-order valence-electron chi connectivity index (χ3n) is 5.64. The van der Waals surface area contributed by atoms with E-state index in [0.717, 1.165) is 18.4 Å². The number of benzene rings is 1. The maximum absolute atomic E-state index is 12.7. The second-order valence-corrected chi connectivity index (χ2v) is 10.5. The van der Waals surface area contributed by atoms with E-state index in [1.807, 2.05) is 20.8 Å². The second kappa shape index (κ2) is 10.3. The van der Waals surface area contributed by atoms with Crippen LogP contribution in [0.2, 0.25) is 0 Å². The molecule has 1 aromatic carbocycles. The van der Waals surface area contributed by atoms with Crippen molar-refractivity contribution in [2.24, 2.45) is 0 Å². The Bertz CT molecular complexity index is 806. The summed E-state index contributed by atoms with van der Waals surface area (Å²) >= 11 is 0. The Morgan fingerprint density at radius 2 is 1.74 bits per heavy atom. The predicted octanol–water partition coefficient (Wildman–Crippen LogP) is 4.32. The largest absolute Gasteiger partial charge is 0.372 e. The molecule has 0 aliphatic carbocycles. The molecule has 0 bridgehead atoms. The Morgan fingerprint density at radius 3 is 2.42 bits per heavy atom. The number of hydrogen-bond donors (Lipinski definition) is 0. The first-order valence-corrected chi connectivity index (χ1v) is 12.7. The van der Waals surface area contributed by atoms with Gasteiger partial charge in [0.15, 0.2) is 12.1 Å². The number of aryl methyl sites for hydroxylation is 1. The van der Waals surface area contributed by atoms with Gasteiger partial charge in [0.25, 0.3) is 10.1 Å². The highest BCUT2D eigenvalue weighted by Crippen LogP contribution is 2.40. The highest BCUT2D eigenvalue weighted by atomic mass is 32.2. The van der Waals surface area contributed by atoms with E-state index in [2.05, 4.69) is 6.92 Å². The molecule has 5 atom stereocenters. The number of hydrogen-bond acceptors (Lipinski definition) is 7. The molecule has 2 aliphatic heterocycles. The van der Waals surface area contributed by atoms with Crippen LogP contribution in [0, 0.1) is 6.92 Å². The normalized spacial score (nSPS) is 28.5. The van der Waals surface area contributed by atoms with Crippen LogP contribution in [-0.2, 0) is 33.2 Å². The number of ether oxygens (including phenoxy) is 4. The van der Waals surface area contributed by atoms with Gasteiger partial charge in [0, 0.05) is 6.61 Å². The Hall–Kier alpha value is -1.03. The number of unbranched alkanes of at least 4 members (excludes halogenated alkanes) is 4. The fraction of sp³-hybridized carbons (Fsp3) is 0.739. The third kappa shape index (κ3) is 6.27. The molecule has 2 aliphatic rings. The van der Waals surface area contributed by atoms with Crippen molar-refractivity contribution in [1.29, 1.82) is 0 Å². The van der Waals surface area contributed by atoms with Crippen LogP contribution in [0.1, 0.15) is 65.4 Å². The summed E-state index contributed by atoms with van der Waals surface area (Å²) in [5.74, 6) is -0.777. The molecule has 8 heteroatoms. The van der Waals surface area contributed by atoms with Crippen molar-refractivity contribution in [2.75, 3.05) is 6.61 Å². The Labute approximate surface area is 186 Å². The Balaban J connectivity index is 1.66. The lowest BCUT2D eigenvalue weighted by Gasteiger charge is -2.29. The minimum atomic E-state index is -3.94. The lowest BCUT2D eigenvalue weighted by Crippen LogP contribution is -2.43. The molecule has 0 amide bonds. The van der Waals surface area contributed by atoms with Gasteiger partial charge in [-0.05, 0) is 46.2 Å². The van der Waals surface area contributed by atoms with Crippen molar-refractivity contribution in [2.45, 2.75) is 108 Å². The molecular weight excluding hydrogens is 420 g/mol. The van der Waals surface area contributed by atoms with E-state index in [0.29, 0.717) is 6.61 Å². The molecule has 0 spiro atoms. The first kappa shape index (κ1) is 24.6. The van der Waals surface area contributed by atoms with E-state index < -0.39 is 46.6 Å². The summed E-state index contributed by atoms with van der Waals surface area (Å²) in [7, 11) is -3.94. The van der Waals surface area contributed by atoms with Crippen LogP contribution in [-0.4, -0.2) is 51.5 Å². The van der Waals surface area contributed by atoms with Crippen LogP contribution in [0.3, 0.4) is 0 Å². The quantitative estimate of drug-likeness (QED) is 0.362. The summed E-state index contributed by atoms with van der Waals surface area (Å²) in [6.07, 6.45) is 2.71. The Morgan fingerprint density at radius 1 is 1.06 bits per heavy atom. The van der Waals surface area contributed by atoms with Crippen LogP contribution in [0.4, 0.5) is 0 Å². The SMILES string of the molecule is CCCCCCCO[C@@H]1[C@H]2OC(C)(C)O[C@H]2O[C@@H]1[C@@H](C)OS(=O)(=O)c1ccc(C)cc1. The van der Waals surface area contributed by atoms with Gasteiger partial charge in [0.05, 0.1) is 4.90 Å². The minimum Gasteiger partial charge on any atom is -0.372 e. The van der Waals surface area contributed by atoms with E-state index in [1.54, 1.807) is 31.2 Å². The van der Waals surface area contributed by atoms with Gasteiger partial charge in [-0.3, -0.25) is 4.18 Å². The molecule has 1 aromatic rings. The lowest BCUT2D eigenvalue weighted by molar-refractivity contribution is -0.226. The van der Waals surface area contributed by atoms with E-state index in [9.17, 15) is 8.42 Å². The highest BCUT2D eigenvalue weighted by molar-refractivity contribution is 7.86. The summed E-state index contributed by atoms with van der Waals surface area (Å²) in [6, 6.07) is 6.57. The molecule has 0 unspecified atom stereocenters. The topological polar surface area (TPSA) is 80.3 Å². The first-order valence-electron chi connectivity index (χ1n) is 11.3. The molecule has 0 aromatic heterocycles. The smallest absolute Gasteiger partial charge is 0.297 e. The number of rotatable bonds is 11. The van der Waals surface area contributed by atoms with Gasteiger partial charge in [0.2, 0.25) is 0 Å². The van der Waals surface area contributed by atoms with E-state index in [4.69, 9.17) is 23.1 Å².